The van der Waals surface area contributed by atoms with Gasteiger partial charge >= 0.3 is 0 Å². The van der Waals surface area contributed by atoms with E-state index in [0.717, 1.165) is 42.1 Å². The molecule has 0 aromatic heterocycles. The zero-order valence-electron chi connectivity index (χ0n) is 11.4. The molecule has 1 N–H and O–H groups in total. The highest BCUT2D eigenvalue weighted by Gasteiger charge is 2.21. The Labute approximate surface area is 122 Å². The maximum atomic E-state index is 5.97. The van der Waals surface area contributed by atoms with E-state index in [-0.39, 0.29) is 6.10 Å². The molecule has 0 radical (unpaired) electrons. The van der Waals surface area contributed by atoms with Crippen LogP contribution in [-0.4, -0.2) is 33.0 Å². The van der Waals surface area contributed by atoms with Crippen LogP contribution < -0.4 is 14.8 Å². The van der Waals surface area contributed by atoms with Crippen molar-refractivity contribution in [3.63, 3.8) is 0 Å². The zero-order valence-corrected chi connectivity index (χ0v) is 13.0. The van der Waals surface area contributed by atoms with Crippen LogP contribution in [0.5, 0.6) is 11.5 Å². The second kappa shape index (κ2) is 7.12. The van der Waals surface area contributed by atoms with Crippen molar-refractivity contribution in [2.24, 2.45) is 0 Å². The lowest BCUT2D eigenvalue weighted by atomic mass is 10.2. The zero-order chi connectivity index (χ0) is 13.7. The van der Waals surface area contributed by atoms with Gasteiger partial charge in [-0.05, 0) is 40.2 Å². The molecule has 1 unspecified atom stereocenters. The number of halogens is 1. The molecule has 4 nitrogen and oxygen atoms in total. The van der Waals surface area contributed by atoms with E-state index in [9.17, 15) is 0 Å². The van der Waals surface area contributed by atoms with Crippen molar-refractivity contribution in [2.75, 3.05) is 26.9 Å². The molecule has 0 aliphatic carbocycles. The van der Waals surface area contributed by atoms with Gasteiger partial charge in [-0.15, -0.1) is 0 Å². The SMILES string of the molecule is CCNCc1cc(Br)c(OC2CCOC2)c(OC)c1. The predicted octanol–water partition coefficient (Wildman–Crippen LogP) is 2.73. The van der Waals surface area contributed by atoms with Crippen LogP contribution in [0.2, 0.25) is 0 Å². The van der Waals surface area contributed by atoms with Crippen LogP contribution in [0.4, 0.5) is 0 Å². The molecule has 1 aliphatic heterocycles. The predicted molar refractivity (Wildman–Crippen MR) is 77.9 cm³/mol. The van der Waals surface area contributed by atoms with Gasteiger partial charge in [0.2, 0.25) is 0 Å². The van der Waals surface area contributed by atoms with Gasteiger partial charge in [-0.2, -0.15) is 0 Å². The molecule has 1 aromatic carbocycles. The molecule has 2 rings (SSSR count). The number of ether oxygens (including phenoxy) is 3. The fourth-order valence-corrected chi connectivity index (χ4v) is 2.61. The van der Waals surface area contributed by atoms with Crippen molar-refractivity contribution < 1.29 is 14.2 Å². The maximum Gasteiger partial charge on any atom is 0.175 e. The van der Waals surface area contributed by atoms with Gasteiger partial charge < -0.3 is 19.5 Å². The second-order valence-corrected chi connectivity index (χ2v) is 5.35. The van der Waals surface area contributed by atoms with Crippen LogP contribution in [0.25, 0.3) is 0 Å². The van der Waals surface area contributed by atoms with Gasteiger partial charge in [-0.1, -0.05) is 6.92 Å². The van der Waals surface area contributed by atoms with Gasteiger partial charge in [-0.25, -0.2) is 0 Å². The Kier molecular flexibility index (Phi) is 5.48. The van der Waals surface area contributed by atoms with Crippen molar-refractivity contribution in [3.05, 3.63) is 22.2 Å². The summed E-state index contributed by atoms with van der Waals surface area (Å²) in [6.45, 7) is 5.26. The minimum Gasteiger partial charge on any atom is -0.493 e. The summed E-state index contributed by atoms with van der Waals surface area (Å²) in [5.41, 5.74) is 1.17. The Morgan fingerprint density at radius 2 is 2.32 bits per heavy atom. The highest BCUT2D eigenvalue weighted by atomic mass is 79.9. The quantitative estimate of drug-likeness (QED) is 0.871. The molecule has 106 valence electrons. The molecular formula is C14H20BrNO3. The Morgan fingerprint density at radius 3 is 2.95 bits per heavy atom. The average Bonchev–Trinajstić information content (AvgIpc) is 2.91. The molecule has 0 spiro atoms. The van der Waals surface area contributed by atoms with E-state index in [4.69, 9.17) is 14.2 Å². The van der Waals surface area contributed by atoms with Crippen molar-refractivity contribution in [1.82, 2.24) is 5.32 Å². The summed E-state index contributed by atoms with van der Waals surface area (Å²) >= 11 is 3.56. The van der Waals surface area contributed by atoms with E-state index < -0.39 is 0 Å². The Hall–Kier alpha value is -0.780. The normalized spacial score (nSPS) is 18.6. The standard InChI is InChI=1S/C14H20BrNO3/c1-3-16-8-10-6-12(15)14(13(7-10)17-2)19-11-4-5-18-9-11/h6-7,11,16H,3-5,8-9H2,1-2H3. The molecule has 5 heteroatoms. The summed E-state index contributed by atoms with van der Waals surface area (Å²) < 4.78 is 17.7. The van der Waals surface area contributed by atoms with Crippen LogP contribution in [0.15, 0.2) is 16.6 Å². The third kappa shape index (κ3) is 3.84. The summed E-state index contributed by atoms with van der Waals surface area (Å²) in [4.78, 5) is 0. The third-order valence-electron chi connectivity index (χ3n) is 3.04. The molecule has 0 amide bonds. The lowest BCUT2D eigenvalue weighted by Crippen LogP contribution is -2.17. The van der Waals surface area contributed by atoms with Crippen molar-refractivity contribution in [1.29, 1.82) is 0 Å². The molecule has 0 saturated carbocycles. The lowest BCUT2D eigenvalue weighted by molar-refractivity contribution is 0.138. The van der Waals surface area contributed by atoms with Gasteiger partial charge in [0.25, 0.3) is 0 Å². The first kappa shape index (κ1) is 14.6. The summed E-state index contributed by atoms with van der Waals surface area (Å²) in [7, 11) is 1.66. The van der Waals surface area contributed by atoms with E-state index in [1.165, 1.54) is 5.56 Å². The molecule has 1 atom stereocenters. The number of rotatable bonds is 6. The molecule has 1 fully saturated rings. The monoisotopic (exact) mass is 329 g/mol. The van der Waals surface area contributed by atoms with E-state index in [1.807, 2.05) is 6.07 Å². The minimum atomic E-state index is 0.116. The van der Waals surface area contributed by atoms with E-state index in [2.05, 4.69) is 34.2 Å². The first-order valence-electron chi connectivity index (χ1n) is 6.56. The minimum absolute atomic E-state index is 0.116. The molecular weight excluding hydrogens is 310 g/mol. The van der Waals surface area contributed by atoms with Crippen LogP contribution in [0.3, 0.4) is 0 Å². The fourth-order valence-electron chi connectivity index (χ4n) is 2.03. The average molecular weight is 330 g/mol. The Morgan fingerprint density at radius 1 is 1.47 bits per heavy atom. The van der Waals surface area contributed by atoms with Gasteiger partial charge in [0.1, 0.15) is 6.10 Å². The largest absolute Gasteiger partial charge is 0.493 e. The Bertz CT molecular complexity index is 419. The topological polar surface area (TPSA) is 39.7 Å². The lowest BCUT2D eigenvalue weighted by Gasteiger charge is -2.17. The van der Waals surface area contributed by atoms with Gasteiger partial charge in [0.15, 0.2) is 11.5 Å². The maximum absolute atomic E-state index is 5.97. The number of methoxy groups -OCH3 is 1. The molecule has 1 saturated heterocycles. The third-order valence-corrected chi connectivity index (χ3v) is 3.63. The number of benzene rings is 1. The summed E-state index contributed by atoms with van der Waals surface area (Å²) in [5.74, 6) is 1.52. The smallest absolute Gasteiger partial charge is 0.175 e. The highest BCUT2D eigenvalue weighted by Crippen LogP contribution is 2.38. The van der Waals surface area contributed by atoms with Gasteiger partial charge in [0.05, 0.1) is 24.8 Å². The number of hydrogen-bond acceptors (Lipinski definition) is 4. The molecule has 1 aromatic rings. The first-order chi connectivity index (χ1) is 9.24. The number of nitrogens with one attached hydrogen (secondary N) is 1. The van der Waals surface area contributed by atoms with Crippen molar-refractivity contribution >= 4 is 15.9 Å². The number of hydrogen-bond donors (Lipinski definition) is 1. The van der Waals surface area contributed by atoms with Crippen LogP contribution in [0, 0.1) is 0 Å². The Balaban J connectivity index is 2.16. The molecule has 19 heavy (non-hydrogen) atoms. The highest BCUT2D eigenvalue weighted by molar-refractivity contribution is 9.10. The summed E-state index contributed by atoms with van der Waals surface area (Å²) in [6, 6.07) is 4.08. The van der Waals surface area contributed by atoms with Crippen LogP contribution in [0.1, 0.15) is 18.9 Å². The molecule has 1 heterocycles. The first-order valence-corrected chi connectivity index (χ1v) is 7.35. The van der Waals surface area contributed by atoms with E-state index in [1.54, 1.807) is 7.11 Å². The van der Waals surface area contributed by atoms with E-state index >= 15 is 0 Å². The fraction of sp³-hybridized carbons (Fsp3) is 0.571. The second-order valence-electron chi connectivity index (χ2n) is 4.49. The molecule has 0 bridgehead atoms. The molecule has 1 aliphatic rings. The summed E-state index contributed by atoms with van der Waals surface area (Å²) in [6.07, 6.45) is 1.04. The summed E-state index contributed by atoms with van der Waals surface area (Å²) in [5, 5.41) is 3.30. The van der Waals surface area contributed by atoms with Gasteiger partial charge in [0, 0.05) is 13.0 Å². The van der Waals surface area contributed by atoms with Crippen LogP contribution in [-0.2, 0) is 11.3 Å². The van der Waals surface area contributed by atoms with Crippen molar-refractivity contribution in [3.8, 4) is 11.5 Å². The van der Waals surface area contributed by atoms with Gasteiger partial charge in [-0.3, -0.25) is 0 Å². The van der Waals surface area contributed by atoms with E-state index in [0.29, 0.717) is 6.61 Å². The van der Waals surface area contributed by atoms with Crippen LogP contribution >= 0.6 is 15.9 Å². The van der Waals surface area contributed by atoms with Crippen molar-refractivity contribution in [2.45, 2.75) is 26.0 Å².